The molecule has 0 aliphatic rings. The number of hydrogen-bond donors (Lipinski definition) is 2. The fraction of sp³-hybridized carbons (Fsp3) is 0.667. The van der Waals surface area contributed by atoms with E-state index in [0.717, 1.165) is 70.6 Å². The summed E-state index contributed by atoms with van der Waals surface area (Å²) >= 11 is 0. The van der Waals surface area contributed by atoms with Crippen molar-refractivity contribution in [1.29, 1.82) is 0 Å². The van der Waals surface area contributed by atoms with Crippen molar-refractivity contribution < 1.29 is 37.6 Å². The number of phosphoric acid groups is 1. The van der Waals surface area contributed by atoms with Gasteiger partial charge in [0.1, 0.15) is 6.61 Å². The van der Waals surface area contributed by atoms with Gasteiger partial charge < -0.3 is 19.7 Å². The van der Waals surface area contributed by atoms with Gasteiger partial charge in [0.25, 0.3) is 0 Å². The van der Waals surface area contributed by atoms with Crippen LogP contribution in [0, 0.1) is 0 Å². The molecule has 0 fully saturated rings. The van der Waals surface area contributed by atoms with Crippen molar-refractivity contribution in [1.82, 2.24) is 5.32 Å². The maximum Gasteiger partial charge on any atom is 0.472 e. The Morgan fingerprint density at radius 2 is 1.12 bits per heavy atom. The van der Waals surface area contributed by atoms with Crippen molar-refractivity contribution in [3.8, 4) is 0 Å². The van der Waals surface area contributed by atoms with E-state index >= 15 is 0 Å². The second-order valence-electron chi connectivity index (χ2n) is 12.7. The van der Waals surface area contributed by atoms with Crippen LogP contribution in [0.1, 0.15) is 142 Å². The van der Waals surface area contributed by atoms with Gasteiger partial charge in [-0.1, -0.05) is 125 Å². The van der Waals surface area contributed by atoms with Crippen molar-refractivity contribution in [3.05, 3.63) is 72.9 Å². The molecule has 0 radical (unpaired) electrons. The first-order valence-electron chi connectivity index (χ1n) is 19.9. The zero-order valence-corrected chi connectivity index (χ0v) is 33.6. The van der Waals surface area contributed by atoms with Crippen LogP contribution in [0.15, 0.2) is 72.9 Å². The van der Waals surface area contributed by atoms with Crippen LogP contribution in [-0.4, -0.2) is 56.3 Å². The monoisotopic (exact) mass is 749 g/mol. The summed E-state index contributed by atoms with van der Waals surface area (Å²) in [4.78, 5) is 34.9. The lowest BCUT2D eigenvalue weighted by atomic mass is 10.1. The molecule has 0 amide bonds. The van der Waals surface area contributed by atoms with Crippen molar-refractivity contribution in [2.75, 3.05) is 33.4 Å². The zero-order chi connectivity index (χ0) is 38.2. The Balaban J connectivity index is 4.40. The van der Waals surface area contributed by atoms with E-state index in [9.17, 15) is 19.0 Å². The molecule has 0 heterocycles. The Kier molecular flexibility index (Phi) is 36.3. The lowest BCUT2D eigenvalue weighted by Crippen LogP contribution is -2.29. The third kappa shape index (κ3) is 37.2. The van der Waals surface area contributed by atoms with Crippen LogP contribution in [0.2, 0.25) is 0 Å². The second kappa shape index (κ2) is 38.2. The molecule has 9 nitrogen and oxygen atoms in total. The van der Waals surface area contributed by atoms with E-state index in [4.69, 9.17) is 18.5 Å². The quantitative estimate of drug-likeness (QED) is 0.0279. The van der Waals surface area contributed by atoms with Crippen molar-refractivity contribution in [3.63, 3.8) is 0 Å². The number of esters is 2. The Morgan fingerprint density at radius 1 is 0.615 bits per heavy atom. The molecule has 0 aromatic heterocycles. The van der Waals surface area contributed by atoms with Crippen LogP contribution in [0.4, 0.5) is 0 Å². The highest BCUT2D eigenvalue weighted by molar-refractivity contribution is 7.47. The van der Waals surface area contributed by atoms with E-state index < -0.39 is 32.5 Å². The molecule has 2 unspecified atom stereocenters. The summed E-state index contributed by atoms with van der Waals surface area (Å²) in [6.45, 7) is 3.99. The number of rotatable bonds is 36. The Hall–Kier alpha value is -2.55. The summed E-state index contributed by atoms with van der Waals surface area (Å²) in [6.07, 6.45) is 43.8. The first-order chi connectivity index (χ1) is 25.3. The summed E-state index contributed by atoms with van der Waals surface area (Å²) in [5, 5.41) is 2.81. The van der Waals surface area contributed by atoms with Gasteiger partial charge in [-0.25, -0.2) is 4.57 Å². The third-order valence-corrected chi connectivity index (χ3v) is 8.79. The van der Waals surface area contributed by atoms with Crippen LogP contribution in [0.5, 0.6) is 0 Å². The molecule has 0 spiro atoms. The molecule has 2 atom stereocenters. The number of ether oxygens (including phenoxy) is 2. The van der Waals surface area contributed by atoms with Crippen LogP contribution in [-0.2, 0) is 32.7 Å². The molecule has 10 heteroatoms. The number of allylic oxidation sites excluding steroid dienone is 12. The molecule has 0 aliphatic carbocycles. The van der Waals surface area contributed by atoms with Gasteiger partial charge in [-0.15, -0.1) is 0 Å². The summed E-state index contributed by atoms with van der Waals surface area (Å²) < 4.78 is 33.0. The van der Waals surface area contributed by atoms with Crippen LogP contribution in [0.3, 0.4) is 0 Å². The molecule has 2 N–H and O–H groups in total. The van der Waals surface area contributed by atoms with E-state index in [1.165, 1.54) is 32.1 Å². The van der Waals surface area contributed by atoms with E-state index in [-0.39, 0.29) is 26.1 Å². The fourth-order valence-corrected chi connectivity index (χ4v) is 5.57. The van der Waals surface area contributed by atoms with Crippen molar-refractivity contribution in [2.24, 2.45) is 0 Å². The molecule has 0 aromatic rings. The Bertz CT molecular complexity index is 1080. The summed E-state index contributed by atoms with van der Waals surface area (Å²) in [6, 6.07) is 0. The van der Waals surface area contributed by atoms with E-state index in [1.54, 1.807) is 7.05 Å². The highest BCUT2D eigenvalue weighted by atomic mass is 31.2. The molecule has 298 valence electrons. The van der Waals surface area contributed by atoms with Gasteiger partial charge in [0.2, 0.25) is 0 Å². The molecule has 52 heavy (non-hydrogen) atoms. The standard InChI is InChI=1S/C42H72NO8P/c1-4-6-8-10-12-14-16-18-19-20-21-23-24-26-28-30-32-34-41(44)48-38-40(39-50-52(46,47)49-37-36-43-3)51-42(45)35-33-31-29-27-25-22-17-15-13-11-9-7-5-2/h6,8,12,14-15,17-19,21,23,26,28,40,43H,4-5,7,9-11,13,16,20,22,24-25,27,29-39H2,1-3H3,(H,46,47)/b8-6-,14-12-,17-15-,19-18-,23-21-,28-26-. The van der Waals surface area contributed by atoms with Crippen molar-refractivity contribution in [2.45, 2.75) is 148 Å². The number of likely N-dealkylation sites (N-methyl/N-ethyl adjacent to an activating group) is 1. The average Bonchev–Trinajstić information content (AvgIpc) is 3.12. The molecule has 0 saturated carbocycles. The van der Waals surface area contributed by atoms with Gasteiger partial charge in [-0.05, 0) is 84.1 Å². The van der Waals surface area contributed by atoms with E-state index in [1.807, 2.05) is 6.08 Å². The smallest absolute Gasteiger partial charge is 0.462 e. The van der Waals surface area contributed by atoms with Crippen LogP contribution in [0.25, 0.3) is 0 Å². The van der Waals surface area contributed by atoms with Crippen LogP contribution < -0.4 is 5.32 Å². The Morgan fingerprint density at radius 3 is 1.71 bits per heavy atom. The SMILES string of the molecule is CC/C=C\C/C=C\C/C=C\C/C=C\C/C=C\CCCC(=O)OCC(COP(=O)(O)OCCNC)OC(=O)CCCCCCC/C=C\CCCCCC. The lowest BCUT2D eigenvalue weighted by molar-refractivity contribution is -0.161. The summed E-state index contributed by atoms with van der Waals surface area (Å²) in [5.41, 5.74) is 0. The van der Waals surface area contributed by atoms with Gasteiger partial charge in [0.15, 0.2) is 6.10 Å². The topological polar surface area (TPSA) is 120 Å². The number of carbonyl (C=O) groups is 2. The predicted molar refractivity (Wildman–Crippen MR) is 215 cm³/mol. The minimum Gasteiger partial charge on any atom is -0.462 e. The minimum absolute atomic E-state index is 0.0308. The highest BCUT2D eigenvalue weighted by Crippen LogP contribution is 2.43. The maximum absolute atomic E-state index is 12.6. The number of phosphoric ester groups is 1. The minimum atomic E-state index is -4.36. The molecule has 0 rings (SSSR count). The van der Waals surface area contributed by atoms with Gasteiger partial charge in [0.05, 0.1) is 13.2 Å². The molecule has 0 saturated heterocycles. The summed E-state index contributed by atoms with van der Waals surface area (Å²) in [5.74, 6) is -0.893. The maximum atomic E-state index is 12.6. The van der Waals surface area contributed by atoms with Gasteiger partial charge in [-0.3, -0.25) is 18.6 Å². The lowest BCUT2D eigenvalue weighted by Gasteiger charge is -2.20. The average molecular weight is 750 g/mol. The Labute approximate surface area is 316 Å². The number of nitrogens with one attached hydrogen (secondary N) is 1. The predicted octanol–water partition coefficient (Wildman–Crippen LogP) is 11.0. The molecule has 0 bridgehead atoms. The molecule has 0 aliphatic heterocycles. The largest absolute Gasteiger partial charge is 0.472 e. The first-order valence-corrected chi connectivity index (χ1v) is 21.4. The number of unbranched alkanes of at least 4 members (excludes halogenated alkanes) is 10. The number of hydrogen-bond acceptors (Lipinski definition) is 8. The van der Waals surface area contributed by atoms with E-state index in [2.05, 4.69) is 86.0 Å². The van der Waals surface area contributed by atoms with Crippen LogP contribution >= 0.6 is 7.82 Å². The van der Waals surface area contributed by atoms with Gasteiger partial charge >= 0.3 is 19.8 Å². The first kappa shape index (κ1) is 49.5. The summed E-state index contributed by atoms with van der Waals surface area (Å²) in [7, 11) is -2.67. The van der Waals surface area contributed by atoms with Crippen molar-refractivity contribution >= 4 is 19.8 Å². The molecular weight excluding hydrogens is 677 g/mol. The fourth-order valence-electron chi connectivity index (χ4n) is 4.82. The number of carbonyl (C=O) groups excluding carboxylic acids is 2. The molecule has 0 aromatic carbocycles. The highest BCUT2D eigenvalue weighted by Gasteiger charge is 2.26. The van der Waals surface area contributed by atoms with Gasteiger partial charge in [0, 0.05) is 19.4 Å². The normalized spacial score (nSPS) is 14.2. The third-order valence-electron chi connectivity index (χ3n) is 7.81. The second-order valence-corrected chi connectivity index (χ2v) is 14.2. The van der Waals surface area contributed by atoms with E-state index in [0.29, 0.717) is 19.4 Å². The zero-order valence-electron chi connectivity index (χ0n) is 32.7. The van der Waals surface area contributed by atoms with Gasteiger partial charge in [-0.2, -0.15) is 0 Å². The molecular formula is C42H72NO8P.